The van der Waals surface area contributed by atoms with Gasteiger partial charge in [0.05, 0.1) is 5.52 Å². The van der Waals surface area contributed by atoms with Crippen LogP contribution in [0.25, 0.3) is 11.1 Å². The van der Waals surface area contributed by atoms with E-state index in [4.69, 9.17) is 4.42 Å². The Morgan fingerprint density at radius 3 is 2.68 bits per heavy atom. The first-order valence-corrected chi connectivity index (χ1v) is 7.13. The molecule has 5 nitrogen and oxygen atoms in total. The van der Waals surface area contributed by atoms with Crippen molar-refractivity contribution in [3.8, 4) is 0 Å². The maximum atomic E-state index is 12.6. The molecule has 112 valence electrons. The molecule has 0 spiro atoms. The number of nitrogens with one attached hydrogen (secondary N) is 1. The predicted molar refractivity (Wildman–Crippen MR) is 83.7 cm³/mol. The number of fused-ring (bicyclic) bond motifs is 1. The standard InChI is InChI=1S/C17H16N2O3/c1-2-19(11-12-6-4-3-5-7-12)16(20)13-8-9-14-15(10-13)22-17(21)18-14/h3-10H,2,11H2,1H3,(H,18,21). The maximum Gasteiger partial charge on any atom is 0.417 e. The molecular formula is C17H16N2O3. The number of nitrogens with zero attached hydrogens (tertiary/aromatic N) is 1. The van der Waals surface area contributed by atoms with E-state index in [0.717, 1.165) is 5.56 Å². The molecule has 1 amide bonds. The van der Waals surface area contributed by atoms with Gasteiger partial charge in [0, 0.05) is 18.7 Å². The van der Waals surface area contributed by atoms with Crippen LogP contribution in [0.1, 0.15) is 22.8 Å². The van der Waals surface area contributed by atoms with E-state index in [1.54, 1.807) is 23.1 Å². The molecule has 3 aromatic rings. The van der Waals surface area contributed by atoms with Crippen molar-refractivity contribution in [3.63, 3.8) is 0 Å². The average molecular weight is 296 g/mol. The molecule has 3 rings (SSSR count). The normalized spacial score (nSPS) is 10.8. The summed E-state index contributed by atoms with van der Waals surface area (Å²) in [6, 6.07) is 14.8. The number of hydrogen-bond donors (Lipinski definition) is 1. The minimum Gasteiger partial charge on any atom is -0.408 e. The van der Waals surface area contributed by atoms with Crippen molar-refractivity contribution >= 4 is 17.0 Å². The van der Waals surface area contributed by atoms with Crippen LogP contribution >= 0.6 is 0 Å². The van der Waals surface area contributed by atoms with Crippen molar-refractivity contribution in [1.29, 1.82) is 0 Å². The largest absolute Gasteiger partial charge is 0.417 e. The summed E-state index contributed by atoms with van der Waals surface area (Å²) in [5.74, 6) is -0.603. The van der Waals surface area contributed by atoms with Gasteiger partial charge in [0.15, 0.2) is 5.58 Å². The molecule has 0 radical (unpaired) electrons. The minimum atomic E-state index is -0.517. The lowest BCUT2D eigenvalue weighted by molar-refractivity contribution is 0.0752. The predicted octanol–water partition coefficient (Wildman–Crippen LogP) is 2.78. The molecule has 0 unspecified atom stereocenters. The first-order chi connectivity index (χ1) is 10.7. The summed E-state index contributed by atoms with van der Waals surface area (Å²) >= 11 is 0. The summed E-state index contributed by atoms with van der Waals surface area (Å²) in [5.41, 5.74) is 2.57. The third-order valence-corrected chi connectivity index (χ3v) is 3.55. The minimum absolute atomic E-state index is 0.0860. The van der Waals surface area contributed by atoms with Crippen molar-refractivity contribution in [1.82, 2.24) is 9.88 Å². The highest BCUT2D eigenvalue weighted by molar-refractivity contribution is 5.97. The lowest BCUT2D eigenvalue weighted by Gasteiger charge is -2.21. The fourth-order valence-electron chi connectivity index (χ4n) is 2.39. The van der Waals surface area contributed by atoms with E-state index < -0.39 is 5.76 Å². The number of hydrogen-bond acceptors (Lipinski definition) is 3. The number of amides is 1. The van der Waals surface area contributed by atoms with Crippen molar-refractivity contribution in [2.75, 3.05) is 6.54 Å². The lowest BCUT2D eigenvalue weighted by Crippen LogP contribution is -2.30. The Hall–Kier alpha value is -2.82. The van der Waals surface area contributed by atoms with Crippen LogP contribution in [-0.4, -0.2) is 22.3 Å². The summed E-state index contributed by atoms with van der Waals surface area (Å²) in [4.78, 5) is 28.1. The number of carbonyl (C=O) groups excluding carboxylic acids is 1. The fourth-order valence-corrected chi connectivity index (χ4v) is 2.39. The number of carbonyl (C=O) groups is 1. The highest BCUT2D eigenvalue weighted by atomic mass is 16.4. The molecule has 2 aromatic carbocycles. The topological polar surface area (TPSA) is 66.3 Å². The highest BCUT2D eigenvalue weighted by Gasteiger charge is 2.16. The summed E-state index contributed by atoms with van der Waals surface area (Å²) < 4.78 is 5.01. The van der Waals surface area contributed by atoms with Crippen LogP contribution in [0.4, 0.5) is 0 Å². The zero-order valence-electron chi connectivity index (χ0n) is 12.2. The smallest absolute Gasteiger partial charge is 0.408 e. The van der Waals surface area contributed by atoms with E-state index in [2.05, 4.69) is 4.98 Å². The SMILES string of the molecule is CCN(Cc1ccccc1)C(=O)c1ccc2[nH]c(=O)oc2c1. The number of rotatable bonds is 4. The van der Waals surface area contributed by atoms with Crippen molar-refractivity contribution in [3.05, 3.63) is 70.2 Å². The van der Waals surface area contributed by atoms with Crippen LogP contribution in [0.15, 0.2) is 57.7 Å². The summed E-state index contributed by atoms with van der Waals surface area (Å²) in [6.07, 6.45) is 0. The van der Waals surface area contributed by atoms with E-state index in [0.29, 0.717) is 29.8 Å². The number of H-pyrrole nitrogens is 1. The van der Waals surface area contributed by atoms with Crippen molar-refractivity contribution < 1.29 is 9.21 Å². The first-order valence-electron chi connectivity index (χ1n) is 7.13. The van der Waals surface area contributed by atoms with Crippen LogP contribution in [0.5, 0.6) is 0 Å². The Morgan fingerprint density at radius 2 is 1.95 bits per heavy atom. The average Bonchev–Trinajstić information content (AvgIpc) is 2.92. The molecule has 0 saturated heterocycles. The Labute approximate surface area is 127 Å². The van der Waals surface area contributed by atoms with E-state index >= 15 is 0 Å². The van der Waals surface area contributed by atoms with Gasteiger partial charge in [-0.2, -0.15) is 0 Å². The van der Waals surface area contributed by atoms with E-state index in [9.17, 15) is 9.59 Å². The number of aromatic nitrogens is 1. The van der Waals surface area contributed by atoms with Crippen molar-refractivity contribution in [2.24, 2.45) is 0 Å². The number of aromatic amines is 1. The Balaban J connectivity index is 1.87. The van der Waals surface area contributed by atoms with Crippen LogP contribution in [0, 0.1) is 0 Å². The number of oxazole rings is 1. The van der Waals surface area contributed by atoms with Gasteiger partial charge in [0.1, 0.15) is 0 Å². The monoisotopic (exact) mass is 296 g/mol. The second-order valence-electron chi connectivity index (χ2n) is 5.03. The molecule has 1 heterocycles. The van der Waals surface area contributed by atoms with Gasteiger partial charge in [-0.25, -0.2) is 4.79 Å². The van der Waals surface area contributed by atoms with Gasteiger partial charge in [-0.05, 0) is 30.7 Å². The molecule has 1 aromatic heterocycles. The van der Waals surface area contributed by atoms with Gasteiger partial charge in [-0.15, -0.1) is 0 Å². The molecule has 5 heteroatoms. The van der Waals surface area contributed by atoms with Gasteiger partial charge in [0.2, 0.25) is 0 Å². The molecular weight excluding hydrogens is 280 g/mol. The molecule has 0 aliphatic heterocycles. The van der Waals surface area contributed by atoms with Gasteiger partial charge >= 0.3 is 5.76 Å². The molecule has 0 fully saturated rings. The molecule has 0 saturated carbocycles. The van der Waals surface area contributed by atoms with E-state index in [-0.39, 0.29) is 5.91 Å². The molecule has 22 heavy (non-hydrogen) atoms. The molecule has 0 aliphatic rings. The Kier molecular flexibility index (Phi) is 3.78. The number of benzene rings is 2. The van der Waals surface area contributed by atoms with Crippen LogP contribution in [0.2, 0.25) is 0 Å². The molecule has 0 atom stereocenters. The summed E-state index contributed by atoms with van der Waals surface area (Å²) in [5, 5.41) is 0. The van der Waals surface area contributed by atoms with Crippen LogP contribution < -0.4 is 5.76 Å². The van der Waals surface area contributed by atoms with Crippen LogP contribution in [0.3, 0.4) is 0 Å². The molecule has 0 aliphatic carbocycles. The Bertz CT molecular complexity index is 849. The second-order valence-corrected chi connectivity index (χ2v) is 5.03. The van der Waals surface area contributed by atoms with Crippen molar-refractivity contribution in [2.45, 2.75) is 13.5 Å². The fraction of sp³-hybridized carbons (Fsp3) is 0.176. The summed E-state index contributed by atoms with van der Waals surface area (Å²) in [7, 11) is 0. The third-order valence-electron chi connectivity index (χ3n) is 3.55. The van der Waals surface area contributed by atoms with Crippen LogP contribution in [-0.2, 0) is 6.54 Å². The van der Waals surface area contributed by atoms with E-state index in [1.165, 1.54) is 0 Å². The van der Waals surface area contributed by atoms with Gasteiger partial charge in [-0.3, -0.25) is 9.78 Å². The van der Waals surface area contributed by atoms with Gasteiger partial charge < -0.3 is 9.32 Å². The quantitative estimate of drug-likeness (QED) is 0.805. The zero-order chi connectivity index (χ0) is 15.5. The maximum absolute atomic E-state index is 12.6. The highest BCUT2D eigenvalue weighted by Crippen LogP contribution is 2.15. The second kappa shape index (κ2) is 5.89. The molecule has 1 N–H and O–H groups in total. The molecule has 0 bridgehead atoms. The van der Waals surface area contributed by atoms with Gasteiger partial charge in [-0.1, -0.05) is 30.3 Å². The van der Waals surface area contributed by atoms with E-state index in [1.807, 2.05) is 37.3 Å². The summed E-state index contributed by atoms with van der Waals surface area (Å²) in [6.45, 7) is 3.09. The first kappa shape index (κ1) is 14.1. The zero-order valence-corrected chi connectivity index (χ0v) is 12.2. The lowest BCUT2D eigenvalue weighted by atomic mass is 10.1. The third kappa shape index (κ3) is 2.79. The van der Waals surface area contributed by atoms with Gasteiger partial charge in [0.25, 0.3) is 5.91 Å². The Morgan fingerprint density at radius 1 is 1.18 bits per heavy atom.